The van der Waals surface area contributed by atoms with Gasteiger partial charge in [-0.05, 0) is 61.9 Å². The molecule has 5 rings (SSSR count). The number of halogens is 1. The van der Waals surface area contributed by atoms with Crippen molar-refractivity contribution in [1.29, 1.82) is 5.41 Å². The number of aromatic nitrogens is 2. The number of fused-ring (bicyclic) bond motifs is 1. The van der Waals surface area contributed by atoms with Gasteiger partial charge < -0.3 is 25.5 Å². The molecule has 0 bridgehead atoms. The van der Waals surface area contributed by atoms with Crippen molar-refractivity contribution in [3.8, 4) is 22.8 Å². The van der Waals surface area contributed by atoms with Crippen LogP contribution in [0.3, 0.4) is 0 Å². The van der Waals surface area contributed by atoms with Crippen molar-refractivity contribution in [3.05, 3.63) is 108 Å². The van der Waals surface area contributed by atoms with Gasteiger partial charge in [-0.15, -0.1) is 0 Å². The zero-order valence-corrected chi connectivity index (χ0v) is 22.7. The highest BCUT2D eigenvalue weighted by Crippen LogP contribution is 2.37. The summed E-state index contributed by atoms with van der Waals surface area (Å²) < 4.78 is 27.7. The predicted molar refractivity (Wildman–Crippen MR) is 158 cm³/mol. The van der Waals surface area contributed by atoms with Crippen LogP contribution in [0.25, 0.3) is 22.0 Å². The van der Waals surface area contributed by atoms with E-state index in [-0.39, 0.29) is 17.7 Å². The number of aromatic amines is 1. The minimum atomic E-state index is -0.721. The number of ether oxygens (including phenoxy) is 2. The van der Waals surface area contributed by atoms with E-state index >= 15 is 4.39 Å². The average molecular weight is 538 g/mol. The minimum Gasteiger partial charge on any atom is -0.494 e. The first-order valence-corrected chi connectivity index (χ1v) is 13.2. The van der Waals surface area contributed by atoms with Crippen LogP contribution in [-0.2, 0) is 0 Å². The SMILES string of the molecule is CCOc1cc(OC(C)C)c(F)c(C(Nc2ccc(C(=N)N)cc2)c2nc(-c3cccc4ccccc34)c[nH]2)c1. The maximum absolute atomic E-state index is 16.1. The number of hydrogen-bond donors (Lipinski definition) is 4. The quantitative estimate of drug-likeness (QED) is 0.113. The van der Waals surface area contributed by atoms with Crippen LogP contribution < -0.4 is 20.5 Å². The Labute approximate surface area is 232 Å². The fourth-order valence-corrected chi connectivity index (χ4v) is 4.67. The van der Waals surface area contributed by atoms with E-state index in [2.05, 4.69) is 28.5 Å². The summed E-state index contributed by atoms with van der Waals surface area (Å²) in [6, 6.07) is 23.8. The molecule has 0 aliphatic carbocycles. The first-order valence-electron chi connectivity index (χ1n) is 13.2. The second kappa shape index (κ2) is 11.5. The van der Waals surface area contributed by atoms with Crippen LogP contribution in [-0.4, -0.2) is 28.5 Å². The number of nitrogen functional groups attached to an aromatic ring is 1. The Morgan fingerprint density at radius 3 is 2.52 bits per heavy atom. The number of benzene rings is 4. The maximum atomic E-state index is 16.1. The number of amidine groups is 1. The smallest absolute Gasteiger partial charge is 0.171 e. The van der Waals surface area contributed by atoms with Crippen LogP contribution >= 0.6 is 0 Å². The van der Waals surface area contributed by atoms with Gasteiger partial charge in [-0.3, -0.25) is 5.41 Å². The van der Waals surface area contributed by atoms with Crippen LogP contribution in [0.5, 0.6) is 11.5 Å². The monoisotopic (exact) mass is 537 g/mol. The topological polar surface area (TPSA) is 109 Å². The molecule has 5 N–H and O–H groups in total. The first kappa shape index (κ1) is 26.7. The Bertz CT molecular complexity index is 1640. The van der Waals surface area contributed by atoms with Crippen molar-refractivity contribution < 1.29 is 13.9 Å². The van der Waals surface area contributed by atoms with E-state index in [0.717, 1.165) is 22.0 Å². The zero-order valence-electron chi connectivity index (χ0n) is 22.7. The molecule has 0 saturated carbocycles. The molecule has 0 fully saturated rings. The standard InChI is InChI=1S/C32H32FN5O2/c1-4-39-23-16-26(29(33)28(17-23)40-19(2)3)30(37-22-14-12-21(13-15-22)31(34)35)32-36-18-27(38-32)25-11-7-9-20-8-5-6-10-24(20)25/h5-19,30,37H,4H2,1-3H3,(H3,34,35)(H,36,38). The van der Waals surface area contributed by atoms with Gasteiger partial charge >= 0.3 is 0 Å². The van der Waals surface area contributed by atoms with Crippen LogP contribution in [0.15, 0.2) is 85.1 Å². The van der Waals surface area contributed by atoms with E-state index in [1.165, 1.54) is 0 Å². The molecule has 5 aromatic rings. The van der Waals surface area contributed by atoms with Gasteiger partial charge in [0.05, 0.1) is 18.4 Å². The van der Waals surface area contributed by atoms with Crippen molar-refractivity contribution >= 4 is 22.3 Å². The first-order chi connectivity index (χ1) is 19.3. The summed E-state index contributed by atoms with van der Waals surface area (Å²) in [7, 11) is 0. The molecule has 1 atom stereocenters. The number of anilines is 1. The Morgan fingerprint density at radius 1 is 1.05 bits per heavy atom. The highest BCUT2D eigenvalue weighted by atomic mass is 19.1. The molecule has 1 aromatic heterocycles. The fraction of sp³-hybridized carbons (Fsp3) is 0.188. The van der Waals surface area contributed by atoms with Crippen LogP contribution in [0.2, 0.25) is 0 Å². The molecule has 1 heterocycles. The van der Waals surface area contributed by atoms with E-state index in [0.29, 0.717) is 35.0 Å². The molecule has 0 aliphatic heterocycles. The van der Waals surface area contributed by atoms with Gasteiger partial charge in [-0.1, -0.05) is 42.5 Å². The Hall–Kier alpha value is -4.85. The van der Waals surface area contributed by atoms with E-state index in [4.69, 9.17) is 25.6 Å². The minimum absolute atomic E-state index is 0.0280. The number of nitrogens with zero attached hydrogens (tertiary/aromatic N) is 1. The highest BCUT2D eigenvalue weighted by molar-refractivity contribution is 5.96. The van der Waals surface area contributed by atoms with Crippen LogP contribution in [0.1, 0.15) is 43.8 Å². The Kier molecular flexibility index (Phi) is 7.68. The number of nitrogens with two attached hydrogens (primary N) is 1. The number of rotatable bonds is 10. The maximum Gasteiger partial charge on any atom is 0.171 e. The van der Waals surface area contributed by atoms with Gasteiger partial charge in [0.2, 0.25) is 0 Å². The van der Waals surface area contributed by atoms with Crippen molar-refractivity contribution in [3.63, 3.8) is 0 Å². The Balaban J connectivity index is 1.63. The molecule has 0 aliphatic rings. The van der Waals surface area contributed by atoms with E-state index in [1.54, 1.807) is 36.4 Å². The van der Waals surface area contributed by atoms with Crippen LogP contribution in [0, 0.1) is 11.2 Å². The van der Waals surface area contributed by atoms with E-state index < -0.39 is 11.9 Å². The third-order valence-electron chi connectivity index (χ3n) is 6.47. The molecular weight excluding hydrogens is 505 g/mol. The summed E-state index contributed by atoms with van der Waals surface area (Å²) in [5, 5.41) is 13.3. The molecule has 8 heteroatoms. The third kappa shape index (κ3) is 5.61. The summed E-state index contributed by atoms with van der Waals surface area (Å²) in [6.07, 6.45) is 1.60. The summed E-state index contributed by atoms with van der Waals surface area (Å²) in [4.78, 5) is 8.22. The lowest BCUT2D eigenvalue weighted by atomic mass is 10.0. The van der Waals surface area contributed by atoms with Gasteiger partial charge in [-0.2, -0.15) is 0 Å². The van der Waals surface area contributed by atoms with Gasteiger partial charge in [0.25, 0.3) is 0 Å². The average Bonchev–Trinajstić information content (AvgIpc) is 3.43. The summed E-state index contributed by atoms with van der Waals surface area (Å²) >= 11 is 0. The molecule has 204 valence electrons. The largest absolute Gasteiger partial charge is 0.494 e. The second-order valence-electron chi connectivity index (χ2n) is 9.69. The molecule has 0 amide bonds. The summed E-state index contributed by atoms with van der Waals surface area (Å²) in [5.74, 6) is 0.587. The van der Waals surface area contributed by atoms with Gasteiger partial charge in [0, 0.05) is 34.6 Å². The zero-order chi connectivity index (χ0) is 28.2. The van der Waals surface area contributed by atoms with Crippen molar-refractivity contribution in [2.45, 2.75) is 32.9 Å². The number of nitrogens with one attached hydrogen (secondary N) is 3. The molecule has 40 heavy (non-hydrogen) atoms. The number of imidazole rings is 1. The lowest BCUT2D eigenvalue weighted by molar-refractivity contribution is 0.228. The lowest BCUT2D eigenvalue weighted by Crippen LogP contribution is -2.18. The number of H-pyrrole nitrogens is 1. The van der Waals surface area contributed by atoms with Gasteiger partial charge in [-0.25, -0.2) is 9.37 Å². The molecule has 7 nitrogen and oxygen atoms in total. The number of hydrogen-bond acceptors (Lipinski definition) is 5. The summed E-state index contributed by atoms with van der Waals surface area (Å²) in [5.41, 5.74) is 8.96. The van der Waals surface area contributed by atoms with Crippen molar-refractivity contribution in [2.24, 2.45) is 5.73 Å². The molecule has 0 spiro atoms. The normalized spacial score (nSPS) is 11.9. The van der Waals surface area contributed by atoms with Gasteiger partial charge in [0.1, 0.15) is 23.5 Å². The molecular formula is C32H32FN5O2. The molecule has 1 unspecified atom stereocenters. The summed E-state index contributed by atoms with van der Waals surface area (Å²) in [6.45, 7) is 5.99. The second-order valence-corrected chi connectivity index (χ2v) is 9.69. The molecule has 4 aromatic carbocycles. The van der Waals surface area contributed by atoms with Crippen LogP contribution in [0.4, 0.5) is 10.1 Å². The highest BCUT2D eigenvalue weighted by Gasteiger charge is 2.26. The van der Waals surface area contributed by atoms with E-state index in [1.807, 2.05) is 51.2 Å². The van der Waals surface area contributed by atoms with Crippen molar-refractivity contribution in [1.82, 2.24) is 9.97 Å². The van der Waals surface area contributed by atoms with E-state index in [9.17, 15) is 0 Å². The predicted octanol–water partition coefficient (Wildman–Crippen LogP) is 7.04. The van der Waals surface area contributed by atoms with Gasteiger partial charge in [0.15, 0.2) is 11.6 Å². The van der Waals surface area contributed by atoms with Crippen molar-refractivity contribution in [2.75, 3.05) is 11.9 Å². The Morgan fingerprint density at radius 2 is 1.80 bits per heavy atom. The molecule has 0 radical (unpaired) electrons. The third-order valence-corrected chi connectivity index (χ3v) is 6.47. The fourth-order valence-electron chi connectivity index (χ4n) is 4.67. The lowest BCUT2D eigenvalue weighted by Gasteiger charge is -2.22. The molecule has 0 saturated heterocycles.